The van der Waals surface area contributed by atoms with Gasteiger partial charge in [0.2, 0.25) is 0 Å². The second-order valence-electron chi connectivity index (χ2n) is 3.77. The zero-order valence-electron chi connectivity index (χ0n) is 7.88. The predicted molar refractivity (Wildman–Crippen MR) is 48.8 cm³/mol. The van der Waals surface area contributed by atoms with Crippen LogP contribution in [-0.4, -0.2) is 23.4 Å². The molecule has 70 valence electrons. The summed E-state index contributed by atoms with van der Waals surface area (Å²) in [6.45, 7) is 4.51. The fraction of sp³-hybridized carbons (Fsp3) is 0.800. The SMILES string of the molecule is CC1=C(CO)C(C(C)CO)CC1. The normalized spacial score (nSPS) is 26.5. The van der Waals surface area contributed by atoms with Crippen molar-refractivity contribution in [3.8, 4) is 0 Å². The molecule has 0 bridgehead atoms. The van der Waals surface area contributed by atoms with Crippen molar-refractivity contribution in [3.05, 3.63) is 11.1 Å². The predicted octanol–water partition coefficient (Wildman–Crippen LogP) is 1.33. The molecule has 0 amide bonds. The van der Waals surface area contributed by atoms with Crippen molar-refractivity contribution >= 4 is 0 Å². The van der Waals surface area contributed by atoms with E-state index >= 15 is 0 Å². The number of aliphatic hydroxyl groups is 2. The summed E-state index contributed by atoms with van der Waals surface area (Å²) in [6.07, 6.45) is 2.19. The topological polar surface area (TPSA) is 40.5 Å². The van der Waals surface area contributed by atoms with Crippen LogP contribution in [-0.2, 0) is 0 Å². The van der Waals surface area contributed by atoms with E-state index in [1.54, 1.807) is 0 Å². The van der Waals surface area contributed by atoms with Crippen molar-refractivity contribution in [3.63, 3.8) is 0 Å². The molecule has 0 aromatic heterocycles. The highest BCUT2D eigenvalue weighted by molar-refractivity contribution is 5.22. The van der Waals surface area contributed by atoms with Crippen molar-refractivity contribution in [2.45, 2.75) is 26.7 Å². The molecule has 2 atom stereocenters. The van der Waals surface area contributed by atoms with Gasteiger partial charge in [-0.3, -0.25) is 0 Å². The van der Waals surface area contributed by atoms with Crippen LogP contribution in [0.5, 0.6) is 0 Å². The minimum Gasteiger partial charge on any atom is -0.396 e. The molecular weight excluding hydrogens is 152 g/mol. The first-order chi connectivity index (χ1) is 5.70. The van der Waals surface area contributed by atoms with Crippen LogP contribution in [0.2, 0.25) is 0 Å². The summed E-state index contributed by atoms with van der Waals surface area (Å²) in [5.41, 5.74) is 2.49. The molecule has 0 heterocycles. The van der Waals surface area contributed by atoms with Gasteiger partial charge in [0.1, 0.15) is 0 Å². The van der Waals surface area contributed by atoms with Crippen LogP contribution >= 0.6 is 0 Å². The molecule has 1 aliphatic rings. The van der Waals surface area contributed by atoms with Crippen LogP contribution in [0.4, 0.5) is 0 Å². The summed E-state index contributed by atoms with van der Waals surface area (Å²) in [5, 5.41) is 18.1. The highest BCUT2D eigenvalue weighted by Crippen LogP contribution is 2.36. The Hall–Kier alpha value is -0.340. The average Bonchev–Trinajstić information content (AvgIpc) is 2.45. The van der Waals surface area contributed by atoms with Crippen LogP contribution < -0.4 is 0 Å². The number of rotatable bonds is 3. The minimum absolute atomic E-state index is 0.168. The summed E-state index contributed by atoms with van der Waals surface area (Å²) >= 11 is 0. The molecule has 12 heavy (non-hydrogen) atoms. The molecule has 2 N–H and O–H groups in total. The summed E-state index contributed by atoms with van der Waals surface area (Å²) in [6, 6.07) is 0. The van der Waals surface area contributed by atoms with Gasteiger partial charge in [-0.2, -0.15) is 0 Å². The average molecular weight is 170 g/mol. The molecule has 0 saturated heterocycles. The van der Waals surface area contributed by atoms with Gasteiger partial charge in [-0.15, -0.1) is 0 Å². The maximum atomic E-state index is 9.11. The highest BCUT2D eigenvalue weighted by Gasteiger charge is 2.26. The van der Waals surface area contributed by atoms with Crippen LogP contribution in [0.3, 0.4) is 0 Å². The first kappa shape index (κ1) is 9.75. The van der Waals surface area contributed by atoms with Gasteiger partial charge in [-0.05, 0) is 37.2 Å². The van der Waals surface area contributed by atoms with Gasteiger partial charge >= 0.3 is 0 Å². The third kappa shape index (κ3) is 1.70. The molecule has 0 fully saturated rings. The highest BCUT2D eigenvalue weighted by atomic mass is 16.3. The van der Waals surface area contributed by atoms with Crippen molar-refractivity contribution in [1.82, 2.24) is 0 Å². The number of hydrogen-bond donors (Lipinski definition) is 2. The Bertz CT molecular complexity index is 184. The zero-order valence-corrected chi connectivity index (χ0v) is 7.88. The maximum Gasteiger partial charge on any atom is 0.0647 e. The van der Waals surface area contributed by atoms with E-state index in [-0.39, 0.29) is 13.2 Å². The molecule has 0 aromatic carbocycles. The molecule has 0 radical (unpaired) electrons. The fourth-order valence-electron chi connectivity index (χ4n) is 2.03. The fourth-order valence-corrected chi connectivity index (χ4v) is 2.03. The lowest BCUT2D eigenvalue weighted by atomic mass is 9.89. The number of allylic oxidation sites excluding steroid dienone is 1. The van der Waals surface area contributed by atoms with Crippen LogP contribution in [0, 0.1) is 11.8 Å². The van der Waals surface area contributed by atoms with E-state index in [1.165, 1.54) is 5.57 Å². The smallest absolute Gasteiger partial charge is 0.0647 e. The summed E-state index contributed by atoms with van der Waals surface area (Å²) in [5.74, 6) is 0.713. The molecule has 0 aliphatic heterocycles. The second kappa shape index (κ2) is 4.06. The van der Waals surface area contributed by atoms with E-state index < -0.39 is 0 Å². The summed E-state index contributed by atoms with van der Waals surface area (Å²) in [4.78, 5) is 0. The summed E-state index contributed by atoms with van der Waals surface area (Å²) < 4.78 is 0. The molecule has 1 rings (SSSR count). The van der Waals surface area contributed by atoms with Crippen molar-refractivity contribution < 1.29 is 10.2 Å². The largest absolute Gasteiger partial charge is 0.396 e. The molecule has 2 nitrogen and oxygen atoms in total. The zero-order chi connectivity index (χ0) is 9.14. The standard InChI is InChI=1S/C10H18O2/c1-7-3-4-9(8(2)5-11)10(7)6-12/h8-9,11-12H,3-6H2,1-2H3. The van der Waals surface area contributed by atoms with E-state index in [0.717, 1.165) is 18.4 Å². The van der Waals surface area contributed by atoms with Gasteiger partial charge in [0.15, 0.2) is 0 Å². The number of aliphatic hydroxyl groups excluding tert-OH is 2. The third-order valence-corrected chi connectivity index (χ3v) is 2.97. The Kier molecular flexibility index (Phi) is 3.29. The number of hydrogen-bond acceptors (Lipinski definition) is 2. The van der Waals surface area contributed by atoms with Crippen molar-refractivity contribution in [2.75, 3.05) is 13.2 Å². The molecule has 0 saturated carbocycles. The maximum absolute atomic E-state index is 9.11. The molecule has 2 heteroatoms. The first-order valence-corrected chi connectivity index (χ1v) is 4.61. The Morgan fingerprint density at radius 3 is 2.67 bits per heavy atom. The van der Waals surface area contributed by atoms with Crippen molar-refractivity contribution in [1.29, 1.82) is 0 Å². The van der Waals surface area contributed by atoms with Gasteiger partial charge in [0.05, 0.1) is 6.61 Å². The lowest BCUT2D eigenvalue weighted by Gasteiger charge is -2.19. The van der Waals surface area contributed by atoms with E-state index in [1.807, 2.05) is 6.92 Å². The monoisotopic (exact) mass is 170 g/mol. The molecule has 0 aromatic rings. The quantitative estimate of drug-likeness (QED) is 0.627. The van der Waals surface area contributed by atoms with Crippen molar-refractivity contribution in [2.24, 2.45) is 11.8 Å². The Labute approximate surface area is 73.9 Å². The summed E-state index contributed by atoms with van der Waals surface area (Å²) in [7, 11) is 0. The lowest BCUT2D eigenvalue weighted by Crippen LogP contribution is -2.16. The minimum atomic E-state index is 0.168. The first-order valence-electron chi connectivity index (χ1n) is 4.61. The molecular formula is C10H18O2. The van der Waals surface area contributed by atoms with Crippen LogP contribution in [0.1, 0.15) is 26.7 Å². The molecule has 1 aliphatic carbocycles. The van der Waals surface area contributed by atoms with Gasteiger partial charge in [0, 0.05) is 6.61 Å². The van der Waals surface area contributed by atoms with Gasteiger partial charge in [-0.25, -0.2) is 0 Å². The van der Waals surface area contributed by atoms with E-state index in [4.69, 9.17) is 10.2 Å². The Balaban J connectivity index is 2.69. The molecule has 0 spiro atoms. The third-order valence-electron chi connectivity index (χ3n) is 2.97. The second-order valence-corrected chi connectivity index (χ2v) is 3.77. The lowest BCUT2D eigenvalue weighted by molar-refractivity contribution is 0.193. The Morgan fingerprint density at radius 1 is 1.50 bits per heavy atom. The van der Waals surface area contributed by atoms with E-state index in [2.05, 4.69) is 6.92 Å². The van der Waals surface area contributed by atoms with E-state index in [9.17, 15) is 0 Å². The van der Waals surface area contributed by atoms with E-state index in [0.29, 0.717) is 11.8 Å². The van der Waals surface area contributed by atoms with Gasteiger partial charge in [0.25, 0.3) is 0 Å². The van der Waals surface area contributed by atoms with Crippen LogP contribution in [0.15, 0.2) is 11.1 Å². The Morgan fingerprint density at radius 2 is 2.17 bits per heavy atom. The van der Waals surface area contributed by atoms with Gasteiger partial charge in [-0.1, -0.05) is 12.5 Å². The molecule has 2 unspecified atom stereocenters. The van der Waals surface area contributed by atoms with Gasteiger partial charge < -0.3 is 10.2 Å². The van der Waals surface area contributed by atoms with Crippen LogP contribution in [0.25, 0.3) is 0 Å².